The Morgan fingerprint density at radius 3 is 2.50 bits per heavy atom. The predicted octanol–water partition coefficient (Wildman–Crippen LogP) is 4.95. The number of carbonyl (C=O) groups excluding carboxylic acids is 1. The van der Waals surface area contributed by atoms with Gasteiger partial charge in [0.05, 0.1) is 23.2 Å². The number of methoxy groups -OCH3 is 1. The third-order valence-corrected chi connectivity index (χ3v) is 10.1. The van der Waals surface area contributed by atoms with Crippen LogP contribution in [0.25, 0.3) is 10.2 Å². The standard InChI is InChI=1S/C28H30N4O4S2/c1-19-6-9-23(10-7-19)38(34,35)31-15-12-22(13-16-31)27(33)32(18-21-5-4-14-29-17-21)28-30-25-24(36-3)11-8-20(2)26(25)37-28/h4-11,14,17,22H,12-13,15-16,18H2,1-3H3. The van der Waals surface area contributed by atoms with Crippen molar-refractivity contribution in [3.8, 4) is 5.75 Å². The van der Waals surface area contributed by atoms with Crippen molar-refractivity contribution in [2.75, 3.05) is 25.1 Å². The Kier molecular flexibility index (Phi) is 7.47. The van der Waals surface area contributed by atoms with Crippen molar-refractivity contribution >= 4 is 42.6 Å². The summed E-state index contributed by atoms with van der Waals surface area (Å²) in [5, 5.41) is 0.594. The van der Waals surface area contributed by atoms with E-state index in [4.69, 9.17) is 9.72 Å². The van der Waals surface area contributed by atoms with Gasteiger partial charge in [0.2, 0.25) is 15.9 Å². The largest absolute Gasteiger partial charge is 0.494 e. The molecule has 0 saturated carbocycles. The van der Waals surface area contributed by atoms with Crippen LogP contribution in [-0.2, 0) is 21.4 Å². The highest BCUT2D eigenvalue weighted by molar-refractivity contribution is 7.89. The van der Waals surface area contributed by atoms with E-state index < -0.39 is 10.0 Å². The van der Waals surface area contributed by atoms with Gasteiger partial charge < -0.3 is 4.74 Å². The normalized spacial score (nSPS) is 15.0. The topological polar surface area (TPSA) is 92.7 Å². The van der Waals surface area contributed by atoms with Gasteiger partial charge in [-0.15, -0.1) is 0 Å². The zero-order chi connectivity index (χ0) is 26.9. The van der Waals surface area contributed by atoms with Crippen LogP contribution in [0.2, 0.25) is 0 Å². The van der Waals surface area contributed by atoms with Crippen LogP contribution in [0, 0.1) is 19.8 Å². The number of hydrogen-bond donors (Lipinski definition) is 0. The second-order valence-electron chi connectivity index (χ2n) is 9.54. The molecule has 10 heteroatoms. The molecule has 1 aliphatic rings. The maximum Gasteiger partial charge on any atom is 0.243 e. The fourth-order valence-corrected chi connectivity index (χ4v) is 7.24. The fourth-order valence-electron chi connectivity index (χ4n) is 4.72. The number of aromatic nitrogens is 2. The number of piperidine rings is 1. The van der Waals surface area contributed by atoms with Crippen molar-refractivity contribution in [1.29, 1.82) is 0 Å². The number of ether oxygens (including phenoxy) is 1. The van der Waals surface area contributed by atoms with Gasteiger partial charge in [0.15, 0.2) is 5.13 Å². The van der Waals surface area contributed by atoms with E-state index in [1.54, 1.807) is 48.7 Å². The van der Waals surface area contributed by atoms with Crippen LogP contribution in [0.15, 0.2) is 65.8 Å². The van der Waals surface area contributed by atoms with Gasteiger partial charge in [0.1, 0.15) is 11.3 Å². The number of aryl methyl sites for hydroxylation is 2. The molecule has 0 aliphatic carbocycles. The van der Waals surface area contributed by atoms with Crippen LogP contribution in [0.5, 0.6) is 5.75 Å². The van der Waals surface area contributed by atoms with E-state index in [1.165, 1.54) is 15.6 Å². The highest BCUT2D eigenvalue weighted by Crippen LogP contribution is 2.38. The molecule has 0 bridgehead atoms. The summed E-state index contributed by atoms with van der Waals surface area (Å²) in [6, 6.07) is 14.5. The lowest BCUT2D eigenvalue weighted by Gasteiger charge is -2.33. The summed E-state index contributed by atoms with van der Waals surface area (Å²) in [6.45, 7) is 4.85. The van der Waals surface area contributed by atoms with E-state index >= 15 is 0 Å². The molecule has 38 heavy (non-hydrogen) atoms. The van der Waals surface area contributed by atoms with Crippen molar-refractivity contribution in [3.63, 3.8) is 0 Å². The molecule has 1 fully saturated rings. The molecule has 2 aromatic heterocycles. The molecule has 5 rings (SSSR count). The van der Waals surface area contributed by atoms with E-state index in [0.29, 0.717) is 43.4 Å². The summed E-state index contributed by atoms with van der Waals surface area (Å²) in [5.41, 5.74) is 3.69. The Labute approximate surface area is 227 Å². The van der Waals surface area contributed by atoms with Gasteiger partial charge in [0.25, 0.3) is 0 Å². The molecule has 2 aromatic carbocycles. The van der Waals surface area contributed by atoms with Crippen LogP contribution in [-0.4, -0.2) is 48.8 Å². The van der Waals surface area contributed by atoms with Crippen LogP contribution in [0.3, 0.4) is 0 Å². The summed E-state index contributed by atoms with van der Waals surface area (Å²) < 4.78 is 34.3. The number of amides is 1. The summed E-state index contributed by atoms with van der Waals surface area (Å²) in [4.78, 5) is 25.0. The van der Waals surface area contributed by atoms with Crippen molar-refractivity contribution in [2.45, 2.75) is 38.1 Å². The maximum absolute atomic E-state index is 14.0. The van der Waals surface area contributed by atoms with Crippen molar-refractivity contribution in [2.24, 2.45) is 5.92 Å². The number of benzene rings is 2. The number of rotatable bonds is 7. The van der Waals surface area contributed by atoms with Crippen molar-refractivity contribution in [3.05, 3.63) is 77.6 Å². The molecule has 3 heterocycles. The molecule has 0 N–H and O–H groups in total. The number of nitrogens with zero attached hydrogens (tertiary/aromatic N) is 4. The third-order valence-electron chi connectivity index (χ3n) is 6.93. The van der Waals surface area contributed by atoms with E-state index in [-0.39, 0.29) is 16.7 Å². The number of fused-ring (bicyclic) bond motifs is 1. The lowest BCUT2D eigenvalue weighted by atomic mass is 9.96. The zero-order valence-corrected chi connectivity index (χ0v) is 23.3. The lowest BCUT2D eigenvalue weighted by Crippen LogP contribution is -2.44. The Hall–Kier alpha value is -3.34. The molecule has 0 unspecified atom stereocenters. The first-order valence-electron chi connectivity index (χ1n) is 12.5. The lowest BCUT2D eigenvalue weighted by molar-refractivity contribution is -0.123. The summed E-state index contributed by atoms with van der Waals surface area (Å²) in [7, 11) is -1.99. The van der Waals surface area contributed by atoms with Crippen LogP contribution in [0.1, 0.15) is 29.5 Å². The monoisotopic (exact) mass is 550 g/mol. The minimum Gasteiger partial charge on any atom is -0.494 e. The summed E-state index contributed by atoms with van der Waals surface area (Å²) in [6.07, 6.45) is 4.34. The minimum atomic E-state index is -3.60. The SMILES string of the molecule is COc1ccc(C)c2sc(N(Cc3cccnc3)C(=O)C3CCN(S(=O)(=O)c4ccc(C)cc4)CC3)nc12. The number of pyridine rings is 1. The van der Waals surface area contributed by atoms with Gasteiger partial charge in [-0.2, -0.15) is 4.31 Å². The third kappa shape index (κ3) is 5.16. The highest BCUT2D eigenvalue weighted by Gasteiger charge is 2.35. The first kappa shape index (κ1) is 26.3. The molecular formula is C28H30N4O4S2. The van der Waals surface area contributed by atoms with Crippen LogP contribution < -0.4 is 9.64 Å². The van der Waals surface area contributed by atoms with E-state index in [9.17, 15) is 13.2 Å². The highest BCUT2D eigenvalue weighted by atomic mass is 32.2. The van der Waals surface area contributed by atoms with Crippen molar-refractivity contribution in [1.82, 2.24) is 14.3 Å². The van der Waals surface area contributed by atoms with E-state index in [0.717, 1.165) is 26.9 Å². The molecular weight excluding hydrogens is 520 g/mol. The molecule has 0 spiro atoms. The van der Waals surface area contributed by atoms with Gasteiger partial charge in [-0.05, 0) is 62.1 Å². The number of carbonyl (C=O) groups is 1. The Morgan fingerprint density at radius 2 is 1.84 bits per heavy atom. The van der Waals surface area contributed by atoms with Gasteiger partial charge in [0, 0.05) is 31.4 Å². The first-order chi connectivity index (χ1) is 18.3. The van der Waals surface area contributed by atoms with Gasteiger partial charge >= 0.3 is 0 Å². The van der Waals surface area contributed by atoms with Gasteiger partial charge in [-0.25, -0.2) is 13.4 Å². The van der Waals surface area contributed by atoms with Crippen LogP contribution >= 0.6 is 11.3 Å². The Balaban J connectivity index is 1.40. The van der Waals surface area contributed by atoms with Crippen molar-refractivity contribution < 1.29 is 17.9 Å². The molecule has 4 aromatic rings. The summed E-state index contributed by atoms with van der Waals surface area (Å²) in [5.74, 6) is 0.291. The van der Waals surface area contributed by atoms with Gasteiger partial charge in [-0.1, -0.05) is 41.2 Å². The van der Waals surface area contributed by atoms with Crippen LogP contribution in [0.4, 0.5) is 5.13 Å². The fraction of sp³-hybridized carbons (Fsp3) is 0.321. The number of anilines is 1. The summed E-state index contributed by atoms with van der Waals surface area (Å²) >= 11 is 1.46. The smallest absolute Gasteiger partial charge is 0.243 e. The minimum absolute atomic E-state index is 0.0584. The average molecular weight is 551 g/mol. The molecule has 8 nitrogen and oxygen atoms in total. The maximum atomic E-state index is 14.0. The molecule has 1 aliphatic heterocycles. The second kappa shape index (κ2) is 10.8. The molecule has 1 saturated heterocycles. The molecule has 0 atom stereocenters. The molecule has 0 radical (unpaired) electrons. The quantitative estimate of drug-likeness (QED) is 0.323. The number of thiazole rings is 1. The second-order valence-corrected chi connectivity index (χ2v) is 12.5. The number of hydrogen-bond acceptors (Lipinski definition) is 7. The molecule has 198 valence electrons. The first-order valence-corrected chi connectivity index (χ1v) is 14.7. The predicted molar refractivity (Wildman–Crippen MR) is 149 cm³/mol. The van der Waals surface area contributed by atoms with E-state index in [2.05, 4.69) is 4.98 Å². The Bertz CT molecular complexity index is 1550. The van der Waals surface area contributed by atoms with E-state index in [1.807, 2.05) is 38.1 Å². The zero-order valence-electron chi connectivity index (χ0n) is 21.6. The number of sulfonamides is 1. The Morgan fingerprint density at radius 1 is 1.11 bits per heavy atom. The average Bonchev–Trinajstić information content (AvgIpc) is 3.39. The molecule has 1 amide bonds. The van der Waals surface area contributed by atoms with Gasteiger partial charge in [-0.3, -0.25) is 14.7 Å².